The molecule has 0 radical (unpaired) electrons. The van der Waals surface area contributed by atoms with Gasteiger partial charge >= 0.3 is 0 Å². The van der Waals surface area contributed by atoms with Crippen molar-refractivity contribution in [3.8, 4) is 0 Å². The Bertz CT molecular complexity index is 415. The second kappa shape index (κ2) is 10.2. The lowest BCUT2D eigenvalue weighted by molar-refractivity contribution is -0.122. The number of nitrogens with two attached hydrogens (primary N) is 1. The van der Waals surface area contributed by atoms with Gasteiger partial charge in [0, 0.05) is 15.9 Å². The highest BCUT2D eigenvalue weighted by Crippen LogP contribution is 2.27. The van der Waals surface area contributed by atoms with Gasteiger partial charge in [0.1, 0.15) is 0 Å². The molecule has 0 aromatic heterocycles. The average Bonchev–Trinajstić information content (AvgIpc) is 2.44. The average molecular weight is 359 g/mol. The molecule has 0 aliphatic rings. The number of amides is 1. The van der Waals surface area contributed by atoms with Gasteiger partial charge in [0.15, 0.2) is 0 Å². The molecule has 20 heavy (non-hydrogen) atoms. The lowest BCUT2D eigenvalue weighted by Gasteiger charge is -2.11. The van der Waals surface area contributed by atoms with Gasteiger partial charge in [-0.3, -0.25) is 4.79 Å². The lowest BCUT2D eigenvalue weighted by atomic mass is 10.1. The van der Waals surface area contributed by atoms with E-state index in [9.17, 15) is 4.79 Å². The van der Waals surface area contributed by atoms with E-state index in [1.165, 1.54) is 4.90 Å². The van der Waals surface area contributed by atoms with Crippen molar-refractivity contribution in [1.82, 2.24) is 5.32 Å². The fourth-order valence-electron chi connectivity index (χ4n) is 1.76. The molecule has 0 saturated carbocycles. The minimum atomic E-state index is -0.352. The van der Waals surface area contributed by atoms with Crippen molar-refractivity contribution in [2.75, 3.05) is 12.3 Å². The molecule has 0 aliphatic carbocycles. The second-order valence-electron chi connectivity index (χ2n) is 4.67. The van der Waals surface area contributed by atoms with Crippen LogP contribution in [0.5, 0.6) is 0 Å². The summed E-state index contributed by atoms with van der Waals surface area (Å²) < 4.78 is 1.14. The third-order valence-corrected chi connectivity index (χ3v) is 5.01. The molecule has 3 nitrogen and oxygen atoms in total. The molecule has 1 aromatic carbocycles. The first-order valence-electron chi connectivity index (χ1n) is 7.05. The first-order chi connectivity index (χ1) is 9.65. The van der Waals surface area contributed by atoms with Crippen LogP contribution in [-0.2, 0) is 4.79 Å². The maximum absolute atomic E-state index is 11.6. The molecule has 0 bridgehead atoms. The molecular weight excluding hydrogens is 336 g/mol. The fraction of sp³-hybridized carbons (Fsp3) is 0.533. The first-order valence-corrected chi connectivity index (χ1v) is 8.83. The lowest BCUT2D eigenvalue weighted by Crippen LogP contribution is -2.40. The van der Waals surface area contributed by atoms with E-state index < -0.39 is 0 Å². The van der Waals surface area contributed by atoms with Crippen LogP contribution < -0.4 is 11.1 Å². The van der Waals surface area contributed by atoms with Gasteiger partial charge in [-0.25, -0.2) is 0 Å². The van der Waals surface area contributed by atoms with E-state index in [4.69, 9.17) is 5.73 Å². The third-order valence-electron chi connectivity index (χ3n) is 2.90. The number of halogens is 1. The quantitative estimate of drug-likeness (QED) is 0.524. The van der Waals surface area contributed by atoms with Gasteiger partial charge in [-0.2, -0.15) is 0 Å². The van der Waals surface area contributed by atoms with Crippen molar-refractivity contribution in [1.29, 1.82) is 0 Å². The zero-order valence-corrected chi connectivity index (χ0v) is 14.3. The normalized spacial score (nSPS) is 12.2. The number of thioether (sulfide) groups is 1. The molecule has 0 aliphatic heterocycles. The summed E-state index contributed by atoms with van der Waals surface area (Å²) in [5.41, 5.74) is 5.74. The number of rotatable bonds is 9. The highest BCUT2D eigenvalue weighted by molar-refractivity contribution is 9.10. The molecule has 112 valence electrons. The Morgan fingerprint density at radius 1 is 1.40 bits per heavy atom. The predicted molar refractivity (Wildman–Crippen MR) is 90.0 cm³/mol. The van der Waals surface area contributed by atoms with Gasteiger partial charge < -0.3 is 11.1 Å². The smallest absolute Gasteiger partial charge is 0.236 e. The molecule has 0 heterocycles. The molecule has 1 amide bonds. The zero-order chi connectivity index (χ0) is 14.8. The van der Waals surface area contributed by atoms with Crippen molar-refractivity contribution >= 4 is 33.6 Å². The molecule has 1 atom stereocenters. The van der Waals surface area contributed by atoms with Crippen molar-refractivity contribution in [2.45, 2.75) is 43.5 Å². The maximum atomic E-state index is 11.6. The van der Waals surface area contributed by atoms with Gasteiger partial charge in [-0.05, 0) is 53.1 Å². The van der Waals surface area contributed by atoms with Gasteiger partial charge in [0.25, 0.3) is 0 Å². The van der Waals surface area contributed by atoms with Crippen LogP contribution in [0.3, 0.4) is 0 Å². The van der Waals surface area contributed by atoms with Gasteiger partial charge in [0.05, 0.1) is 6.04 Å². The predicted octanol–water partition coefficient (Wildman–Crippen LogP) is 3.57. The van der Waals surface area contributed by atoms with E-state index in [0.717, 1.165) is 35.9 Å². The molecular formula is C15H23BrN2OS. The minimum Gasteiger partial charge on any atom is -0.355 e. The first kappa shape index (κ1) is 17.5. The van der Waals surface area contributed by atoms with E-state index in [1.54, 1.807) is 0 Å². The Morgan fingerprint density at radius 2 is 2.15 bits per heavy atom. The van der Waals surface area contributed by atoms with E-state index in [1.807, 2.05) is 30.8 Å². The highest BCUT2D eigenvalue weighted by atomic mass is 79.9. The summed E-state index contributed by atoms with van der Waals surface area (Å²) in [5.74, 6) is 1.03. The molecule has 0 spiro atoms. The topological polar surface area (TPSA) is 55.1 Å². The standard InChI is InChI=1S/C15H23BrN2OS/c1-2-7-13(17)15(19)18-10-5-6-11-20-14-9-4-3-8-12(14)16/h3-4,8-9,13H,2,5-7,10-11,17H2,1H3,(H,18,19). The number of hydrogen-bond acceptors (Lipinski definition) is 3. The Labute approximate surface area is 134 Å². The van der Waals surface area contributed by atoms with E-state index >= 15 is 0 Å². The van der Waals surface area contributed by atoms with Crippen molar-refractivity contribution in [2.24, 2.45) is 5.73 Å². The highest BCUT2D eigenvalue weighted by Gasteiger charge is 2.10. The van der Waals surface area contributed by atoms with Crippen LogP contribution in [0.2, 0.25) is 0 Å². The number of carbonyl (C=O) groups is 1. The van der Waals surface area contributed by atoms with Gasteiger partial charge in [-0.1, -0.05) is 25.5 Å². The summed E-state index contributed by atoms with van der Waals surface area (Å²) in [6, 6.07) is 7.87. The van der Waals surface area contributed by atoms with Crippen LogP contribution >= 0.6 is 27.7 Å². The molecule has 0 fully saturated rings. The van der Waals surface area contributed by atoms with Crippen molar-refractivity contribution in [3.63, 3.8) is 0 Å². The third kappa shape index (κ3) is 6.77. The summed E-state index contributed by atoms with van der Waals surface area (Å²) >= 11 is 5.37. The molecule has 3 N–H and O–H groups in total. The van der Waals surface area contributed by atoms with Crippen LogP contribution in [0.15, 0.2) is 33.6 Å². The number of nitrogens with one attached hydrogen (secondary N) is 1. The van der Waals surface area contributed by atoms with E-state index in [0.29, 0.717) is 6.54 Å². The van der Waals surface area contributed by atoms with Gasteiger partial charge in [0.2, 0.25) is 5.91 Å². The monoisotopic (exact) mass is 358 g/mol. The Hall–Kier alpha value is -0.520. The second-order valence-corrected chi connectivity index (χ2v) is 6.66. The summed E-state index contributed by atoms with van der Waals surface area (Å²) in [5, 5.41) is 2.89. The Balaban J connectivity index is 2.08. The van der Waals surface area contributed by atoms with Crippen LogP contribution in [0.4, 0.5) is 0 Å². The summed E-state index contributed by atoms with van der Waals surface area (Å²) in [7, 11) is 0. The Morgan fingerprint density at radius 3 is 2.85 bits per heavy atom. The van der Waals surface area contributed by atoms with E-state index in [2.05, 4.69) is 33.4 Å². The summed E-state index contributed by atoms with van der Waals surface area (Å²) in [6.07, 6.45) is 3.76. The number of benzene rings is 1. The maximum Gasteiger partial charge on any atom is 0.236 e. The molecule has 1 rings (SSSR count). The van der Waals surface area contributed by atoms with Crippen molar-refractivity contribution < 1.29 is 4.79 Å². The summed E-state index contributed by atoms with van der Waals surface area (Å²) in [6.45, 7) is 2.75. The van der Waals surface area contributed by atoms with Gasteiger partial charge in [-0.15, -0.1) is 11.8 Å². The zero-order valence-electron chi connectivity index (χ0n) is 11.9. The van der Waals surface area contributed by atoms with Crippen LogP contribution in [0.1, 0.15) is 32.6 Å². The molecule has 1 unspecified atom stereocenters. The number of carbonyl (C=O) groups excluding carboxylic acids is 1. The number of hydrogen-bond donors (Lipinski definition) is 2. The minimum absolute atomic E-state index is 0.0229. The molecule has 5 heteroatoms. The van der Waals surface area contributed by atoms with Crippen LogP contribution in [0.25, 0.3) is 0 Å². The molecule has 0 saturated heterocycles. The SMILES string of the molecule is CCCC(N)C(=O)NCCCCSc1ccccc1Br. The largest absolute Gasteiger partial charge is 0.355 e. The summed E-state index contributed by atoms with van der Waals surface area (Å²) in [4.78, 5) is 12.8. The van der Waals surface area contributed by atoms with Crippen molar-refractivity contribution in [3.05, 3.63) is 28.7 Å². The van der Waals surface area contributed by atoms with E-state index in [-0.39, 0.29) is 11.9 Å². The molecule has 1 aromatic rings. The van der Waals surface area contributed by atoms with Crippen LogP contribution in [0, 0.1) is 0 Å². The number of unbranched alkanes of at least 4 members (excludes halogenated alkanes) is 1. The Kier molecular flexibility index (Phi) is 8.98. The fourth-order valence-corrected chi connectivity index (χ4v) is 3.33. The van der Waals surface area contributed by atoms with Crippen LogP contribution in [-0.4, -0.2) is 24.2 Å².